The van der Waals surface area contributed by atoms with Gasteiger partial charge < -0.3 is 10.1 Å². The molecule has 1 aromatic rings. The van der Waals surface area contributed by atoms with Gasteiger partial charge in [0.1, 0.15) is 0 Å². The summed E-state index contributed by atoms with van der Waals surface area (Å²) in [6.45, 7) is -0.836. The van der Waals surface area contributed by atoms with Crippen molar-refractivity contribution in [1.82, 2.24) is 10.0 Å². The number of amides is 1. The van der Waals surface area contributed by atoms with E-state index in [2.05, 4.69) is 5.32 Å². The molecule has 1 aliphatic rings. The number of nitrogens with one attached hydrogen (secondary N) is 2. The standard InChI is InChI=1S/C17H21F3N2O5S/c18-17(19,20)12-4-3-7-14(10-12)28(25,26)21-9-8-16(24)27-11-15(23)22-13-5-1-2-6-13/h3-4,7,10,13,21H,1-2,5-6,8-9,11H2,(H,22,23). The Balaban J connectivity index is 1.76. The van der Waals surface area contributed by atoms with Gasteiger partial charge in [0, 0.05) is 12.6 Å². The van der Waals surface area contributed by atoms with Gasteiger partial charge in [-0.15, -0.1) is 0 Å². The van der Waals surface area contributed by atoms with Gasteiger partial charge >= 0.3 is 12.1 Å². The van der Waals surface area contributed by atoms with Crippen molar-refractivity contribution in [3.63, 3.8) is 0 Å². The quantitative estimate of drug-likeness (QED) is 0.624. The lowest BCUT2D eigenvalue weighted by molar-refractivity contribution is -0.148. The third-order valence-corrected chi connectivity index (χ3v) is 5.64. The van der Waals surface area contributed by atoms with E-state index >= 15 is 0 Å². The van der Waals surface area contributed by atoms with Crippen LogP contribution >= 0.6 is 0 Å². The molecule has 1 aromatic carbocycles. The van der Waals surface area contributed by atoms with Crippen LogP contribution in [0.15, 0.2) is 29.2 Å². The number of sulfonamides is 1. The summed E-state index contributed by atoms with van der Waals surface area (Å²) in [5.74, 6) is -1.22. The first-order chi connectivity index (χ1) is 13.1. The Morgan fingerprint density at radius 2 is 1.86 bits per heavy atom. The maximum atomic E-state index is 12.7. The number of benzene rings is 1. The van der Waals surface area contributed by atoms with Crippen LogP contribution in [0.25, 0.3) is 0 Å². The maximum Gasteiger partial charge on any atom is 0.416 e. The fraction of sp³-hybridized carbons (Fsp3) is 0.529. The van der Waals surface area contributed by atoms with Crippen LogP contribution < -0.4 is 10.0 Å². The van der Waals surface area contributed by atoms with E-state index in [4.69, 9.17) is 4.74 Å². The second-order valence-corrected chi connectivity index (χ2v) is 8.15. The van der Waals surface area contributed by atoms with Gasteiger partial charge in [0.25, 0.3) is 5.91 Å². The van der Waals surface area contributed by atoms with Crippen molar-refractivity contribution in [3.05, 3.63) is 29.8 Å². The number of ether oxygens (including phenoxy) is 1. The van der Waals surface area contributed by atoms with Crippen molar-refractivity contribution >= 4 is 21.9 Å². The number of carbonyl (C=O) groups is 2. The van der Waals surface area contributed by atoms with Gasteiger partial charge in [-0.2, -0.15) is 13.2 Å². The van der Waals surface area contributed by atoms with Gasteiger partial charge in [0.05, 0.1) is 16.9 Å². The molecular formula is C17H21F3N2O5S. The highest BCUT2D eigenvalue weighted by Gasteiger charge is 2.31. The van der Waals surface area contributed by atoms with Crippen LogP contribution in [0.3, 0.4) is 0 Å². The van der Waals surface area contributed by atoms with Crippen molar-refractivity contribution < 1.29 is 35.9 Å². The molecular weight excluding hydrogens is 401 g/mol. The number of hydrogen-bond donors (Lipinski definition) is 2. The Hall–Kier alpha value is -2.14. The average Bonchev–Trinajstić information content (AvgIpc) is 3.12. The molecule has 0 bridgehead atoms. The molecule has 0 heterocycles. The number of hydrogen-bond acceptors (Lipinski definition) is 5. The van der Waals surface area contributed by atoms with E-state index in [0.29, 0.717) is 6.07 Å². The van der Waals surface area contributed by atoms with E-state index in [9.17, 15) is 31.2 Å². The predicted octanol–water partition coefficient (Wildman–Crippen LogP) is 1.98. The van der Waals surface area contributed by atoms with Gasteiger partial charge in [-0.3, -0.25) is 9.59 Å². The van der Waals surface area contributed by atoms with Crippen LogP contribution in [0, 0.1) is 0 Å². The summed E-state index contributed by atoms with van der Waals surface area (Å²) in [5, 5.41) is 2.73. The molecule has 1 amide bonds. The Kier molecular flexibility index (Phi) is 7.41. The van der Waals surface area contributed by atoms with Gasteiger partial charge in [0.15, 0.2) is 6.61 Å². The number of carbonyl (C=O) groups excluding carboxylic acids is 2. The predicted molar refractivity (Wildman–Crippen MR) is 92.6 cm³/mol. The van der Waals surface area contributed by atoms with Crippen molar-refractivity contribution in [2.24, 2.45) is 0 Å². The number of esters is 1. The van der Waals surface area contributed by atoms with E-state index in [0.717, 1.165) is 43.9 Å². The molecule has 1 fully saturated rings. The number of halogens is 3. The van der Waals surface area contributed by atoms with Gasteiger partial charge in [-0.25, -0.2) is 13.1 Å². The molecule has 156 valence electrons. The highest BCUT2D eigenvalue weighted by atomic mass is 32.2. The molecule has 1 saturated carbocycles. The van der Waals surface area contributed by atoms with Crippen molar-refractivity contribution in [2.75, 3.05) is 13.2 Å². The first-order valence-corrected chi connectivity index (χ1v) is 10.2. The first kappa shape index (κ1) is 22.2. The second-order valence-electron chi connectivity index (χ2n) is 6.38. The topological polar surface area (TPSA) is 102 Å². The summed E-state index contributed by atoms with van der Waals surface area (Å²) in [4.78, 5) is 22.7. The molecule has 0 unspecified atom stereocenters. The molecule has 7 nitrogen and oxygen atoms in total. The normalized spacial score (nSPS) is 15.4. The fourth-order valence-corrected chi connectivity index (χ4v) is 3.85. The lowest BCUT2D eigenvalue weighted by Crippen LogP contribution is -2.36. The van der Waals surface area contributed by atoms with Crippen LogP contribution in [0.5, 0.6) is 0 Å². The minimum atomic E-state index is -4.67. The van der Waals surface area contributed by atoms with Crippen molar-refractivity contribution in [1.29, 1.82) is 0 Å². The summed E-state index contributed by atoms with van der Waals surface area (Å²) in [7, 11) is -4.22. The lowest BCUT2D eigenvalue weighted by atomic mass is 10.2. The number of alkyl halides is 3. The summed E-state index contributed by atoms with van der Waals surface area (Å²) in [6, 6.07) is 3.35. The van der Waals surface area contributed by atoms with Crippen molar-refractivity contribution in [2.45, 2.75) is 49.2 Å². The molecule has 2 N–H and O–H groups in total. The zero-order valence-electron chi connectivity index (χ0n) is 14.9. The van der Waals surface area contributed by atoms with E-state index < -0.39 is 45.1 Å². The molecule has 0 spiro atoms. The highest BCUT2D eigenvalue weighted by molar-refractivity contribution is 7.89. The van der Waals surface area contributed by atoms with Gasteiger partial charge in [-0.1, -0.05) is 18.9 Å². The molecule has 2 rings (SSSR count). The molecule has 0 atom stereocenters. The summed E-state index contributed by atoms with van der Waals surface area (Å²) in [6.07, 6.45) is -1.19. The van der Waals surface area contributed by atoms with E-state index in [1.165, 1.54) is 0 Å². The Labute approximate surface area is 160 Å². The minimum Gasteiger partial charge on any atom is -0.456 e. The Morgan fingerprint density at radius 3 is 2.50 bits per heavy atom. The van der Waals surface area contributed by atoms with Crippen LogP contribution in [0.4, 0.5) is 13.2 Å². The third-order valence-electron chi connectivity index (χ3n) is 4.18. The Bertz CT molecular complexity index is 805. The monoisotopic (exact) mass is 422 g/mol. The Morgan fingerprint density at radius 1 is 1.18 bits per heavy atom. The van der Waals surface area contributed by atoms with E-state index in [-0.39, 0.29) is 19.0 Å². The highest BCUT2D eigenvalue weighted by Crippen LogP contribution is 2.30. The van der Waals surface area contributed by atoms with E-state index in [1.807, 2.05) is 4.72 Å². The maximum absolute atomic E-state index is 12.7. The molecule has 0 aliphatic heterocycles. The molecule has 11 heteroatoms. The minimum absolute atomic E-state index is 0.0884. The largest absolute Gasteiger partial charge is 0.456 e. The van der Waals surface area contributed by atoms with Crippen LogP contribution in [-0.2, 0) is 30.5 Å². The van der Waals surface area contributed by atoms with Crippen LogP contribution in [-0.4, -0.2) is 39.5 Å². The van der Waals surface area contributed by atoms with Crippen LogP contribution in [0.1, 0.15) is 37.7 Å². The second kappa shape index (κ2) is 9.37. The summed E-state index contributed by atoms with van der Waals surface area (Å²) >= 11 is 0. The first-order valence-electron chi connectivity index (χ1n) is 8.70. The third kappa shape index (κ3) is 6.79. The summed E-state index contributed by atoms with van der Waals surface area (Å²) in [5.41, 5.74) is -1.09. The lowest BCUT2D eigenvalue weighted by Gasteiger charge is -2.12. The zero-order valence-corrected chi connectivity index (χ0v) is 15.7. The molecule has 0 aromatic heterocycles. The van der Waals surface area contributed by atoms with Gasteiger partial charge in [0.2, 0.25) is 10.0 Å². The van der Waals surface area contributed by atoms with Gasteiger partial charge in [-0.05, 0) is 31.0 Å². The molecule has 0 radical (unpaired) electrons. The summed E-state index contributed by atoms with van der Waals surface area (Å²) < 4.78 is 69.0. The van der Waals surface area contributed by atoms with Crippen LogP contribution in [0.2, 0.25) is 0 Å². The smallest absolute Gasteiger partial charge is 0.416 e. The van der Waals surface area contributed by atoms with E-state index in [1.54, 1.807) is 0 Å². The number of rotatable bonds is 8. The fourth-order valence-electron chi connectivity index (χ4n) is 2.77. The average molecular weight is 422 g/mol. The van der Waals surface area contributed by atoms with Crippen molar-refractivity contribution in [3.8, 4) is 0 Å². The molecule has 1 aliphatic carbocycles. The SMILES string of the molecule is O=C(COC(=O)CCNS(=O)(=O)c1cccc(C(F)(F)F)c1)NC1CCCC1. The molecule has 28 heavy (non-hydrogen) atoms. The zero-order chi connectivity index (χ0) is 20.8. The molecule has 0 saturated heterocycles.